The first-order valence-corrected chi connectivity index (χ1v) is 8.47. The number of rotatable bonds is 3. The predicted octanol–water partition coefficient (Wildman–Crippen LogP) is 1.70. The second-order valence-electron chi connectivity index (χ2n) is 5.02. The van der Waals surface area contributed by atoms with E-state index in [0.29, 0.717) is 18.0 Å². The zero-order chi connectivity index (χ0) is 13.5. The Hall–Kier alpha value is -0.560. The average molecular weight is 305 g/mol. The molecule has 0 amide bonds. The number of hydrogen-bond acceptors (Lipinski definition) is 3. The number of ether oxygens (including phenoxy) is 1. The molecule has 0 spiro atoms. The third-order valence-corrected chi connectivity index (χ3v) is 6.09. The topological polar surface area (TPSA) is 62.4 Å². The number of nitrogens with zero attached hydrogens (tertiary/aromatic N) is 1. The monoisotopic (exact) mass is 304 g/mol. The minimum atomic E-state index is -3.44. The van der Waals surface area contributed by atoms with Crippen LogP contribution in [0.25, 0.3) is 0 Å². The molecule has 1 saturated heterocycles. The highest BCUT2D eigenvalue weighted by Gasteiger charge is 2.42. The summed E-state index contributed by atoms with van der Waals surface area (Å²) < 4.78 is 32.6. The van der Waals surface area contributed by atoms with Crippen molar-refractivity contribution < 1.29 is 13.2 Å². The number of alkyl halides is 1. The maximum Gasteiger partial charge on any atom is 0.245 e. The van der Waals surface area contributed by atoms with Gasteiger partial charge in [0, 0.05) is 18.4 Å². The highest BCUT2D eigenvalue weighted by molar-refractivity contribution is 7.89. The van der Waals surface area contributed by atoms with Gasteiger partial charge in [-0.15, -0.1) is 11.6 Å². The number of sulfonamides is 1. The summed E-state index contributed by atoms with van der Waals surface area (Å²) in [7, 11) is -3.44. The fraction of sp³-hybridized carbons (Fsp3) is 0.667. The first kappa shape index (κ1) is 13.4. The first-order valence-electron chi connectivity index (χ1n) is 6.49. The summed E-state index contributed by atoms with van der Waals surface area (Å²) in [5.41, 5.74) is 0.719. The quantitative estimate of drug-likeness (QED) is 0.865. The van der Waals surface area contributed by atoms with Gasteiger partial charge in [0.1, 0.15) is 0 Å². The summed E-state index contributed by atoms with van der Waals surface area (Å²) in [5.74, 6) is 0.282. The lowest BCUT2D eigenvalue weighted by Crippen LogP contribution is -2.51. The molecular weight excluding hydrogens is 288 g/mol. The van der Waals surface area contributed by atoms with Crippen LogP contribution in [0.5, 0.6) is 0 Å². The Kier molecular flexibility index (Phi) is 3.59. The van der Waals surface area contributed by atoms with Crippen LogP contribution in [0.2, 0.25) is 0 Å². The molecule has 1 N–H and O–H groups in total. The maximum absolute atomic E-state index is 12.7. The SMILES string of the molecule is O=S(=O)(c1c[nH]c(CCl)c1)N1CCOC2CCCC21. The van der Waals surface area contributed by atoms with Gasteiger partial charge in [0.25, 0.3) is 0 Å². The van der Waals surface area contributed by atoms with Crippen molar-refractivity contribution in [3.05, 3.63) is 18.0 Å². The first-order chi connectivity index (χ1) is 9.13. The Morgan fingerprint density at radius 3 is 3.05 bits per heavy atom. The molecule has 19 heavy (non-hydrogen) atoms. The molecule has 1 saturated carbocycles. The summed E-state index contributed by atoms with van der Waals surface area (Å²) in [6.07, 6.45) is 4.45. The molecule has 5 nitrogen and oxygen atoms in total. The number of H-pyrrole nitrogens is 1. The van der Waals surface area contributed by atoms with Crippen molar-refractivity contribution in [3.8, 4) is 0 Å². The zero-order valence-electron chi connectivity index (χ0n) is 10.5. The van der Waals surface area contributed by atoms with E-state index in [1.54, 1.807) is 10.4 Å². The van der Waals surface area contributed by atoms with Crippen LogP contribution in [0.1, 0.15) is 25.0 Å². The molecule has 1 aliphatic heterocycles. The molecule has 106 valence electrons. The molecule has 2 unspecified atom stereocenters. The molecule has 0 radical (unpaired) electrons. The van der Waals surface area contributed by atoms with Crippen LogP contribution >= 0.6 is 11.6 Å². The summed E-state index contributed by atoms with van der Waals surface area (Å²) in [6, 6.07) is 1.61. The molecule has 1 aromatic rings. The van der Waals surface area contributed by atoms with Gasteiger partial charge in [-0.3, -0.25) is 0 Å². The van der Waals surface area contributed by atoms with Crippen LogP contribution in [-0.2, 0) is 20.6 Å². The Balaban J connectivity index is 1.90. The third-order valence-electron chi connectivity index (χ3n) is 3.90. The van der Waals surface area contributed by atoms with E-state index < -0.39 is 10.0 Å². The lowest BCUT2D eigenvalue weighted by molar-refractivity contribution is -0.0241. The second-order valence-corrected chi connectivity index (χ2v) is 7.18. The van der Waals surface area contributed by atoms with Gasteiger partial charge in [-0.1, -0.05) is 0 Å². The molecule has 1 aliphatic carbocycles. The van der Waals surface area contributed by atoms with Crippen molar-refractivity contribution in [2.24, 2.45) is 0 Å². The molecule has 2 aliphatic rings. The lowest BCUT2D eigenvalue weighted by atomic mass is 10.2. The van der Waals surface area contributed by atoms with Crippen LogP contribution in [0, 0.1) is 0 Å². The van der Waals surface area contributed by atoms with Crippen molar-refractivity contribution in [2.45, 2.75) is 42.2 Å². The summed E-state index contributed by atoms with van der Waals surface area (Å²) in [4.78, 5) is 3.19. The van der Waals surface area contributed by atoms with E-state index in [-0.39, 0.29) is 18.0 Å². The largest absolute Gasteiger partial charge is 0.375 e. The number of morpholine rings is 1. The molecular formula is C12H17ClN2O3S. The van der Waals surface area contributed by atoms with Crippen LogP contribution in [0.4, 0.5) is 0 Å². The van der Waals surface area contributed by atoms with Crippen molar-refractivity contribution in [1.29, 1.82) is 0 Å². The molecule has 2 fully saturated rings. The normalized spacial score (nSPS) is 28.5. The van der Waals surface area contributed by atoms with Crippen molar-refractivity contribution >= 4 is 21.6 Å². The van der Waals surface area contributed by atoms with Crippen LogP contribution < -0.4 is 0 Å². The number of hydrogen-bond donors (Lipinski definition) is 1. The summed E-state index contributed by atoms with van der Waals surface area (Å²) >= 11 is 5.71. The Morgan fingerprint density at radius 1 is 1.47 bits per heavy atom. The van der Waals surface area contributed by atoms with Crippen molar-refractivity contribution in [3.63, 3.8) is 0 Å². The number of halogens is 1. The highest BCUT2D eigenvalue weighted by atomic mass is 35.5. The van der Waals surface area contributed by atoms with Gasteiger partial charge in [-0.25, -0.2) is 8.42 Å². The minimum absolute atomic E-state index is 0.00639. The van der Waals surface area contributed by atoms with Gasteiger partial charge in [0.05, 0.1) is 29.5 Å². The van der Waals surface area contributed by atoms with E-state index in [0.717, 1.165) is 25.0 Å². The average Bonchev–Trinajstić information content (AvgIpc) is 3.06. The van der Waals surface area contributed by atoms with E-state index in [4.69, 9.17) is 16.3 Å². The number of fused-ring (bicyclic) bond motifs is 1. The standard InChI is InChI=1S/C12H17ClN2O3S/c13-7-9-6-10(8-14-9)19(16,17)15-4-5-18-12-3-1-2-11(12)15/h6,8,11-12,14H,1-5,7H2. The van der Waals surface area contributed by atoms with Gasteiger partial charge >= 0.3 is 0 Å². The van der Waals surface area contributed by atoms with Gasteiger partial charge in [-0.2, -0.15) is 4.31 Å². The minimum Gasteiger partial charge on any atom is -0.375 e. The Labute approximate surface area is 117 Å². The molecule has 2 heterocycles. The van der Waals surface area contributed by atoms with Crippen molar-refractivity contribution in [1.82, 2.24) is 9.29 Å². The Morgan fingerprint density at radius 2 is 2.32 bits per heavy atom. The number of nitrogens with one attached hydrogen (secondary N) is 1. The van der Waals surface area contributed by atoms with Crippen LogP contribution in [0.15, 0.2) is 17.2 Å². The Bertz CT molecular complexity index is 557. The van der Waals surface area contributed by atoms with Gasteiger partial charge in [0.15, 0.2) is 0 Å². The third kappa shape index (κ3) is 2.31. The van der Waals surface area contributed by atoms with Gasteiger partial charge in [-0.05, 0) is 25.3 Å². The van der Waals surface area contributed by atoms with Crippen LogP contribution in [-0.4, -0.2) is 43.0 Å². The molecule has 1 aromatic heterocycles. The van der Waals surface area contributed by atoms with E-state index >= 15 is 0 Å². The zero-order valence-corrected chi connectivity index (χ0v) is 12.1. The van der Waals surface area contributed by atoms with E-state index in [9.17, 15) is 8.42 Å². The highest BCUT2D eigenvalue weighted by Crippen LogP contribution is 2.33. The van der Waals surface area contributed by atoms with Gasteiger partial charge in [0.2, 0.25) is 10.0 Å². The van der Waals surface area contributed by atoms with Crippen molar-refractivity contribution in [2.75, 3.05) is 13.2 Å². The summed E-state index contributed by atoms with van der Waals surface area (Å²) in [5, 5.41) is 0. The smallest absolute Gasteiger partial charge is 0.245 e. The lowest BCUT2D eigenvalue weighted by Gasteiger charge is -2.36. The molecule has 0 bridgehead atoms. The molecule has 2 atom stereocenters. The fourth-order valence-corrected chi connectivity index (χ4v) is 4.81. The molecule has 0 aromatic carbocycles. The second kappa shape index (κ2) is 5.09. The maximum atomic E-state index is 12.7. The molecule has 7 heteroatoms. The van der Waals surface area contributed by atoms with E-state index in [1.165, 1.54) is 6.20 Å². The van der Waals surface area contributed by atoms with E-state index in [1.807, 2.05) is 0 Å². The molecule has 3 rings (SSSR count). The van der Waals surface area contributed by atoms with E-state index in [2.05, 4.69) is 4.98 Å². The van der Waals surface area contributed by atoms with Gasteiger partial charge < -0.3 is 9.72 Å². The fourth-order valence-electron chi connectivity index (χ4n) is 2.97. The number of aromatic amines is 1. The van der Waals surface area contributed by atoms with Crippen LogP contribution in [0.3, 0.4) is 0 Å². The number of aromatic nitrogens is 1. The summed E-state index contributed by atoms with van der Waals surface area (Å²) in [6.45, 7) is 0.915. The predicted molar refractivity (Wildman–Crippen MR) is 71.6 cm³/mol.